The summed E-state index contributed by atoms with van der Waals surface area (Å²) in [5, 5.41) is 6.59. The molecule has 4 heterocycles. The number of hydrogen-bond donors (Lipinski definition) is 2. The maximum absolute atomic E-state index is 11.5. The molecule has 0 aliphatic carbocycles. The van der Waals surface area contributed by atoms with Crippen LogP contribution in [0.3, 0.4) is 0 Å². The summed E-state index contributed by atoms with van der Waals surface area (Å²) in [7, 11) is -1.12. The van der Waals surface area contributed by atoms with Gasteiger partial charge in [0.15, 0.2) is 15.8 Å². The van der Waals surface area contributed by atoms with Crippen LogP contribution in [0.1, 0.15) is 6.42 Å². The van der Waals surface area contributed by atoms with Crippen molar-refractivity contribution in [3.8, 4) is 0 Å². The van der Waals surface area contributed by atoms with Gasteiger partial charge >= 0.3 is 0 Å². The molecule has 4 aliphatic rings. The van der Waals surface area contributed by atoms with Gasteiger partial charge < -0.3 is 10.6 Å². The third-order valence-electron chi connectivity index (χ3n) is 4.69. The van der Waals surface area contributed by atoms with E-state index in [0.29, 0.717) is 12.5 Å². The first-order valence-corrected chi connectivity index (χ1v) is 9.52. The molecule has 0 aromatic rings. The van der Waals surface area contributed by atoms with Crippen LogP contribution >= 0.6 is 24.0 Å². The molecule has 4 rings (SSSR count). The maximum Gasteiger partial charge on any atom is 0.191 e. The van der Waals surface area contributed by atoms with Crippen molar-refractivity contribution in [1.29, 1.82) is 0 Å². The topological polar surface area (TPSA) is 77.0 Å². The van der Waals surface area contributed by atoms with Gasteiger partial charge in [-0.05, 0) is 6.42 Å². The molecule has 4 aliphatic heterocycles. The minimum absolute atomic E-state index is 0. The molecular weight excluding hydrogens is 417 g/mol. The number of sulfone groups is 1. The van der Waals surface area contributed by atoms with Gasteiger partial charge in [0, 0.05) is 58.4 Å². The Morgan fingerprint density at radius 1 is 1.27 bits per heavy atom. The standard InChI is InChI=1S/C13H25N5O2S.HI/c1-14-13(16-11-2-7-21(19,20)10-11)15-8-12-9-17-3-5-18(12)6-4-17;/h11-12H,2-10H2,1H3,(H2,14,15,16);1H. The second-order valence-electron chi connectivity index (χ2n) is 6.19. The number of piperazine rings is 3. The van der Waals surface area contributed by atoms with Crippen molar-refractivity contribution in [3.05, 3.63) is 0 Å². The van der Waals surface area contributed by atoms with E-state index in [1.807, 2.05) is 0 Å². The SMILES string of the molecule is CN=C(NCC1CN2CCN1CC2)NC1CCS(=O)(=O)C1.I. The molecule has 0 aromatic heterocycles. The Hall–Kier alpha value is -0.130. The number of nitrogens with zero attached hydrogens (tertiary/aromatic N) is 3. The normalized spacial score (nSPS) is 36.7. The van der Waals surface area contributed by atoms with E-state index in [-0.39, 0.29) is 41.5 Å². The Bertz CT molecular complexity index is 505. The Morgan fingerprint density at radius 3 is 2.50 bits per heavy atom. The fraction of sp³-hybridized carbons (Fsp3) is 0.923. The number of halogens is 1. The van der Waals surface area contributed by atoms with Crippen LogP contribution in [-0.2, 0) is 9.84 Å². The zero-order chi connectivity index (χ0) is 14.9. The summed E-state index contributed by atoms with van der Waals surface area (Å²) < 4.78 is 23.0. The minimum atomic E-state index is -2.85. The fourth-order valence-corrected chi connectivity index (χ4v) is 5.10. The van der Waals surface area contributed by atoms with Gasteiger partial charge in [-0.2, -0.15) is 0 Å². The molecule has 2 bridgehead atoms. The molecule has 0 spiro atoms. The van der Waals surface area contributed by atoms with Crippen LogP contribution in [0.15, 0.2) is 4.99 Å². The first-order chi connectivity index (χ1) is 10.1. The number of rotatable bonds is 3. The van der Waals surface area contributed by atoms with Gasteiger partial charge in [0.1, 0.15) is 0 Å². The Morgan fingerprint density at radius 2 is 2.00 bits per heavy atom. The quantitative estimate of drug-likeness (QED) is 0.330. The van der Waals surface area contributed by atoms with E-state index in [4.69, 9.17) is 0 Å². The highest BCUT2D eigenvalue weighted by Crippen LogP contribution is 2.15. The molecule has 4 saturated heterocycles. The van der Waals surface area contributed by atoms with Crippen LogP contribution in [0.25, 0.3) is 0 Å². The van der Waals surface area contributed by atoms with E-state index < -0.39 is 9.84 Å². The first-order valence-electron chi connectivity index (χ1n) is 7.70. The van der Waals surface area contributed by atoms with E-state index >= 15 is 0 Å². The number of nitrogens with one attached hydrogen (secondary N) is 2. The molecule has 9 heteroatoms. The van der Waals surface area contributed by atoms with E-state index in [0.717, 1.165) is 32.1 Å². The fourth-order valence-electron chi connectivity index (χ4n) is 3.43. The van der Waals surface area contributed by atoms with Gasteiger partial charge in [-0.1, -0.05) is 0 Å². The Labute approximate surface area is 149 Å². The summed E-state index contributed by atoms with van der Waals surface area (Å²) in [6.07, 6.45) is 0.673. The minimum Gasteiger partial charge on any atom is -0.355 e. The summed E-state index contributed by atoms with van der Waals surface area (Å²) in [6, 6.07) is 0.520. The average molecular weight is 443 g/mol. The molecule has 2 N–H and O–H groups in total. The van der Waals surface area contributed by atoms with E-state index in [2.05, 4.69) is 25.4 Å². The summed E-state index contributed by atoms with van der Waals surface area (Å²) in [6.45, 7) is 6.64. The highest BCUT2D eigenvalue weighted by molar-refractivity contribution is 14.0. The molecule has 128 valence electrons. The third kappa shape index (κ3) is 4.45. The molecule has 7 nitrogen and oxygen atoms in total. The lowest BCUT2D eigenvalue weighted by atomic mass is 10.1. The highest BCUT2D eigenvalue weighted by atomic mass is 127. The molecular formula is C13H26IN5O2S. The second-order valence-corrected chi connectivity index (χ2v) is 8.42. The van der Waals surface area contributed by atoms with Crippen molar-refractivity contribution in [3.63, 3.8) is 0 Å². The number of hydrogen-bond acceptors (Lipinski definition) is 5. The highest BCUT2D eigenvalue weighted by Gasteiger charge is 2.32. The summed E-state index contributed by atoms with van der Waals surface area (Å²) in [5.74, 6) is 1.22. The van der Waals surface area contributed by atoms with Crippen molar-refractivity contribution in [2.45, 2.75) is 18.5 Å². The summed E-state index contributed by atoms with van der Waals surface area (Å²) in [4.78, 5) is 9.25. The van der Waals surface area contributed by atoms with E-state index in [1.54, 1.807) is 7.05 Å². The predicted octanol–water partition coefficient (Wildman–Crippen LogP) is -1.04. The van der Waals surface area contributed by atoms with Crippen molar-refractivity contribution in [2.75, 3.05) is 57.8 Å². The lowest BCUT2D eigenvalue weighted by Gasteiger charge is -2.47. The molecule has 2 unspecified atom stereocenters. The molecule has 0 aromatic carbocycles. The van der Waals surface area contributed by atoms with Crippen LogP contribution in [0, 0.1) is 0 Å². The average Bonchev–Trinajstić information content (AvgIpc) is 2.83. The van der Waals surface area contributed by atoms with Gasteiger partial charge in [-0.15, -0.1) is 24.0 Å². The summed E-state index contributed by atoms with van der Waals surface area (Å²) in [5.41, 5.74) is 0. The van der Waals surface area contributed by atoms with Crippen molar-refractivity contribution < 1.29 is 8.42 Å². The number of fused-ring (bicyclic) bond motifs is 3. The Kier molecular flexibility index (Phi) is 6.31. The van der Waals surface area contributed by atoms with Gasteiger partial charge in [0.05, 0.1) is 11.5 Å². The zero-order valence-corrected chi connectivity index (χ0v) is 16.1. The largest absolute Gasteiger partial charge is 0.355 e. The van der Waals surface area contributed by atoms with E-state index in [1.165, 1.54) is 13.1 Å². The van der Waals surface area contributed by atoms with Gasteiger partial charge in [0.25, 0.3) is 0 Å². The van der Waals surface area contributed by atoms with E-state index in [9.17, 15) is 8.42 Å². The van der Waals surface area contributed by atoms with Crippen LogP contribution in [0.5, 0.6) is 0 Å². The molecule has 2 atom stereocenters. The lowest BCUT2D eigenvalue weighted by Crippen LogP contribution is -2.64. The molecule has 0 saturated carbocycles. The Balaban J connectivity index is 0.00000176. The van der Waals surface area contributed by atoms with Gasteiger partial charge in [-0.3, -0.25) is 14.8 Å². The monoisotopic (exact) mass is 443 g/mol. The third-order valence-corrected chi connectivity index (χ3v) is 6.46. The van der Waals surface area contributed by atoms with Crippen LogP contribution in [0.4, 0.5) is 0 Å². The maximum atomic E-state index is 11.5. The van der Waals surface area contributed by atoms with Gasteiger partial charge in [0.2, 0.25) is 0 Å². The van der Waals surface area contributed by atoms with Crippen molar-refractivity contribution in [1.82, 2.24) is 20.4 Å². The smallest absolute Gasteiger partial charge is 0.191 e. The lowest BCUT2D eigenvalue weighted by molar-refractivity contribution is 0.0154. The van der Waals surface area contributed by atoms with Crippen molar-refractivity contribution >= 4 is 39.8 Å². The zero-order valence-electron chi connectivity index (χ0n) is 13.0. The molecule has 0 radical (unpaired) electrons. The molecule has 0 amide bonds. The number of guanidine groups is 1. The number of aliphatic imine (C=N–C) groups is 1. The predicted molar refractivity (Wildman–Crippen MR) is 98.8 cm³/mol. The second kappa shape index (κ2) is 7.63. The van der Waals surface area contributed by atoms with Crippen LogP contribution in [0.2, 0.25) is 0 Å². The van der Waals surface area contributed by atoms with Crippen LogP contribution < -0.4 is 10.6 Å². The molecule has 4 fully saturated rings. The van der Waals surface area contributed by atoms with Crippen molar-refractivity contribution in [2.24, 2.45) is 4.99 Å². The summed E-state index contributed by atoms with van der Waals surface area (Å²) >= 11 is 0. The molecule has 22 heavy (non-hydrogen) atoms. The van der Waals surface area contributed by atoms with Gasteiger partial charge in [-0.25, -0.2) is 8.42 Å². The first kappa shape index (κ1) is 18.2. The van der Waals surface area contributed by atoms with Crippen LogP contribution in [-0.4, -0.2) is 94.1 Å².